The number of nitrogens with zero attached hydrogens (tertiary/aromatic N) is 5. The highest BCUT2D eigenvalue weighted by atomic mass is 16.1. The second-order valence-corrected chi connectivity index (χ2v) is 7.83. The van der Waals surface area contributed by atoms with Crippen molar-refractivity contribution in [1.29, 1.82) is 0 Å². The van der Waals surface area contributed by atoms with Crippen molar-refractivity contribution in [3.63, 3.8) is 0 Å². The van der Waals surface area contributed by atoms with E-state index in [1.54, 1.807) is 19.3 Å². The van der Waals surface area contributed by atoms with Crippen molar-refractivity contribution in [2.24, 2.45) is 0 Å². The molecule has 0 bridgehead atoms. The Kier molecular flexibility index (Phi) is 5.94. The van der Waals surface area contributed by atoms with Crippen LogP contribution in [-0.4, -0.2) is 63.5 Å². The van der Waals surface area contributed by atoms with E-state index >= 15 is 0 Å². The molecule has 1 fully saturated rings. The lowest BCUT2D eigenvalue weighted by molar-refractivity contribution is 0.0958. The van der Waals surface area contributed by atoms with Gasteiger partial charge in [0.15, 0.2) is 5.65 Å². The molecule has 0 saturated carbocycles. The summed E-state index contributed by atoms with van der Waals surface area (Å²) in [6.45, 7) is 7.48. The number of amides is 1. The van der Waals surface area contributed by atoms with Crippen LogP contribution < -0.4 is 15.8 Å². The predicted molar refractivity (Wildman–Crippen MR) is 119 cm³/mol. The van der Waals surface area contributed by atoms with E-state index in [1.807, 2.05) is 25.3 Å². The van der Waals surface area contributed by atoms with Gasteiger partial charge in [-0.25, -0.2) is 15.0 Å². The summed E-state index contributed by atoms with van der Waals surface area (Å²) in [5, 5.41) is 2.59. The Bertz CT molecular complexity index is 1140. The highest BCUT2D eigenvalue weighted by molar-refractivity contribution is 5.92. The van der Waals surface area contributed by atoms with Crippen molar-refractivity contribution in [3.8, 4) is 0 Å². The van der Waals surface area contributed by atoms with Crippen LogP contribution in [0.25, 0.3) is 11.2 Å². The molecule has 9 heteroatoms. The zero-order valence-corrected chi connectivity index (χ0v) is 18.1. The van der Waals surface area contributed by atoms with Gasteiger partial charge < -0.3 is 15.2 Å². The molecule has 0 aromatic carbocycles. The molecule has 3 aromatic heterocycles. The molecule has 0 radical (unpaired) electrons. The van der Waals surface area contributed by atoms with Crippen molar-refractivity contribution in [1.82, 2.24) is 30.2 Å². The minimum atomic E-state index is -0.184. The van der Waals surface area contributed by atoms with E-state index in [1.165, 1.54) is 0 Å². The van der Waals surface area contributed by atoms with E-state index in [0.717, 1.165) is 37.4 Å². The number of anilines is 1. The summed E-state index contributed by atoms with van der Waals surface area (Å²) in [6.07, 6.45) is 4.18. The molecule has 1 saturated heterocycles. The van der Waals surface area contributed by atoms with Crippen LogP contribution in [0.2, 0.25) is 0 Å². The molecule has 1 aliphatic rings. The van der Waals surface area contributed by atoms with E-state index in [-0.39, 0.29) is 11.5 Å². The van der Waals surface area contributed by atoms with Crippen LogP contribution in [0.1, 0.15) is 35.6 Å². The van der Waals surface area contributed by atoms with Gasteiger partial charge in [0.2, 0.25) is 0 Å². The monoisotopic (exact) mass is 421 g/mol. The summed E-state index contributed by atoms with van der Waals surface area (Å²) in [7, 11) is 1.60. The Balaban J connectivity index is 1.43. The first-order valence-electron chi connectivity index (χ1n) is 10.5. The molecule has 31 heavy (non-hydrogen) atoms. The van der Waals surface area contributed by atoms with Crippen LogP contribution in [-0.2, 0) is 13.0 Å². The Morgan fingerprint density at radius 1 is 1.26 bits per heavy atom. The Labute approximate surface area is 180 Å². The molecule has 0 spiro atoms. The summed E-state index contributed by atoms with van der Waals surface area (Å²) in [6, 6.07) is 5.99. The third-order valence-corrected chi connectivity index (χ3v) is 5.73. The number of piperazine rings is 1. The number of aromatic nitrogens is 4. The van der Waals surface area contributed by atoms with Crippen LogP contribution in [0, 0.1) is 0 Å². The number of pyridine rings is 2. The van der Waals surface area contributed by atoms with E-state index in [2.05, 4.69) is 42.0 Å². The third-order valence-electron chi connectivity index (χ3n) is 5.73. The van der Waals surface area contributed by atoms with Gasteiger partial charge in [0, 0.05) is 45.5 Å². The number of nitrogens with one attached hydrogen (secondary N) is 2. The number of aromatic amines is 1. The average Bonchev–Trinajstić information content (AvgIpc) is 2.79. The van der Waals surface area contributed by atoms with Crippen LogP contribution in [0.5, 0.6) is 0 Å². The highest BCUT2D eigenvalue weighted by Crippen LogP contribution is 2.20. The SMILES string of the molecule is CCc1nc2ncc(CN3CCN(c4ccc(C(=O)NC)nc4)CC3C)cc2[nH]c1=O. The fourth-order valence-corrected chi connectivity index (χ4v) is 3.92. The maximum atomic E-state index is 12.1. The quantitative estimate of drug-likeness (QED) is 0.640. The fraction of sp³-hybridized carbons (Fsp3) is 0.409. The summed E-state index contributed by atoms with van der Waals surface area (Å²) < 4.78 is 0. The van der Waals surface area contributed by atoms with Crippen LogP contribution in [0.4, 0.5) is 5.69 Å². The number of aryl methyl sites for hydroxylation is 1. The molecule has 162 valence electrons. The predicted octanol–water partition coefficient (Wildman–Crippen LogP) is 1.35. The smallest absolute Gasteiger partial charge is 0.270 e. The van der Waals surface area contributed by atoms with Crippen molar-refractivity contribution in [2.45, 2.75) is 32.9 Å². The molecule has 4 rings (SSSR count). The van der Waals surface area contributed by atoms with Crippen LogP contribution >= 0.6 is 0 Å². The van der Waals surface area contributed by atoms with Gasteiger partial charge in [0.05, 0.1) is 17.4 Å². The number of carbonyl (C=O) groups is 1. The number of hydrogen-bond acceptors (Lipinski definition) is 7. The lowest BCUT2D eigenvalue weighted by Gasteiger charge is -2.40. The van der Waals surface area contributed by atoms with Crippen molar-refractivity contribution in [3.05, 3.63) is 57.9 Å². The standard InChI is InChI=1S/C22H27N7O2/c1-4-17-22(31)27-19-9-15(10-25-20(19)26-17)13-28-7-8-29(12-14(28)2)16-5-6-18(24-11-16)21(30)23-3/h5-6,9-11,14H,4,7-8,12-13H2,1-3H3,(H,23,30)(H,27,31). The fourth-order valence-electron chi connectivity index (χ4n) is 3.92. The van der Waals surface area contributed by atoms with Gasteiger partial charge >= 0.3 is 0 Å². The molecule has 1 amide bonds. The van der Waals surface area contributed by atoms with Gasteiger partial charge in [0.25, 0.3) is 11.5 Å². The maximum absolute atomic E-state index is 12.1. The minimum Gasteiger partial charge on any atom is -0.367 e. The van der Waals surface area contributed by atoms with E-state index < -0.39 is 0 Å². The number of carbonyl (C=O) groups excluding carboxylic acids is 1. The first-order chi connectivity index (χ1) is 15.0. The molecule has 1 aliphatic heterocycles. The Morgan fingerprint density at radius 3 is 2.77 bits per heavy atom. The molecule has 2 N–H and O–H groups in total. The lowest BCUT2D eigenvalue weighted by atomic mass is 10.1. The van der Waals surface area contributed by atoms with Crippen molar-refractivity contribution in [2.75, 3.05) is 31.6 Å². The van der Waals surface area contributed by atoms with E-state index in [0.29, 0.717) is 35.0 Å². The molecular weight excluding hydrogens is 394 g/mol. The van der Waals surface area contributed by atoms with Gasteiger partial charge in [-0.15, -0.1) is 0 Å². The van der Waals surface area contributed by atoms with Crippen LogP contribution in [0.15, 0.2) is 35.4 Å². The summed E-state index contributed by atoms with van der Waals surface area (Å²) in [4.78, 5) is 44.4. The third kappa shape index (κ3) is 4.41. The lowest BCUT2D eigenvalue weighted by Crippen LogP contribution is -2.51. The molecule has 1 atom stereocenters. The van der Waals surface area contributed by atoms with Crippen LogP contribution in [0.3, 0.4) is 0 Å². The van der Waals surface area contributed by atoms with Gasteiger partial charge in [-0.3, -0.25) is 14.5 Å². The first-order valence-corrected chi connectivity index (χ1v) is 10.5. The normalized spacial score (nSPS) is 17.1. The molecular formula is C22H27N7O2. The zero-order valence-electron chi connectivity index (χ0n) is 18.1. The molecule has 1 unspecified atom stereocenters. The summed E-state index contributed by atoms with van der Waals surface area (Å²) in [5.41, 5.74) is 4.09. The first kappa shape index (κ1) is 20.9. The number of fused-ring (bicyclic) bond motifs is 1. The number of H-pyrrole nitrogens is 1. The number of rotatable bonds is 5. The maximum Gasteiger partial charge on any atom is 0.270 e. The Morgan fingerprint density at radius 2 is 2.10 bits per heavy atom. The Hall–Kier alpha value is -3.33. The minimum absolute atomic E-state index is 0.146. The second-order valence-electron chi connectivity index (χ2n) is 7.83. The summed E-state index contributed by atoms with van der Waals surface area (Å²) in [5.74, 6) is -0.184. The van der Waals surface area contributed by atoms with E-state index in [4.69, 9.17) is 0 Å². The van der Waals surface area contributed by atoms with Gasteiger partial charge in [-0.1, -0.05) is 6.92 Å². The topological polar surface area (TPSA) is 107 Å². The van der Waals surface area contributed by atoms with Crippen molar-refractivity contribution < 1.29 is 4.79 Å². The molecule has 4 heterocycles. The largest absolute Gasteiger partial charge is 0.367 e. The second kappa shape index (κ2) is 8.81. The van der Waals surface area contributed by atoms with Crippen molar-refractivity contribution >= 4 is 22.8 Å². The highest BCUT2D eigenvalue weighted by Gasteiger charge is 2.24. The van der Waals surface area contributed by atoms with Gasteiger partial charge in [-0.2, -0.15) is 0 Å². The van der Waals surface area contributed by atoms with E-state index in [9.17, 15) is 9.59 Å². The molecule has 9 nitrogen and oxygen atoms in total. The summed E-state index contributed by atoms with van der Waals surface area (Å²) >= 11 is 0. The van der Waals surface area contributed by atoms with Gasteiger partial charge in [-0.05, 0) is 37.1 Å². The average molecular weight is 422 g/mol. The molecule has 3 aromatic rings. The number of hydrogen-bond donors (Lipinski definition) is 2. The zero-order chi connectivity index (χ0) is 22.0. The van der Waals surface area contributed by atoms with Gasteiger partial charge in [0.1, 0.15) is 11.4 Å². The molecule has 0 aliphatic carbocycles.